The first-order chi connectivity index (χ1) is 19.3. The summed E-state index contributed by atoms with van der Waals surface area (Å²) in [5.41, 5.74) is 1.91. The summed E-state index contributed by atoms with van der Waals surface area (Å²) < 4.78 is 23.3. The second-order valence-corrected chi connectivity index (χ2v) is 10.6. The van der Waals surface area contributed by atoms with Gasteiger partial charge in [0.05, 0.1) is 37.3 Å². The lowest BCUT2D eigenvalue weighted by molar-refractivity contribution is 0.0714. The molecule has 0 saturated carbocycles. The van der Waals surface area contributed by atoms with E-state index in [-0.39, 0.29) is 29.2 Å². The number of ether oxygens (including phenoxy) is 3. The third-order valence-corrected chi connectivity index (χ3v) is 7.21. The molecule has 1 unspecified atom stereocenters. The zero-order chi connectivity index (χ0) is 28.4. The summed E-state index contributed by atoms with van der Waals surface area (Å²) >= 11 is 6.22. The van der Waals surface area contributed by atoms with Crippen molar-refractivity contribution in [3.63, 3.8) is 0 Å². The van der Waals surface area contributed by atoms with Crippen molar-refractivity contribution in [3.05, 3.63) is 98.4 Å². The Morgan fingerprint density at radius 2 is 1.75 bits per heavy atom. The second-order valence-electron chi connectivity index (χ2n) is 10.2. The van der Waals surface area contributed by atoms with E-state index in [0.717, 1.165) is 12.0 Å². The van der Waals surface area contributed by atoms with Crippen molar-refractivity contribution in [1.82, 2.24) is 4.90 Å². The third kappa shape index (κ3) is 5.39. The van der Waals surface area contributed by atoms with E-state index in [2.05, 4.69) is 13.8 Å². The van der Waals surface area contributed by atoms with Crippen LogP contribution in [-0.2, 0) is 6.54 Å². The number of benzene rings is 3. The maximum absolute atomic E-state index is 13.9. The number of hydrogen-bond donors (Lipinski definition) is 0. The number of methoxy groups -OCH3 is 1. The van der Waals surface area contributed by atoms with Crippen LogP contribution in [0.3, 0.4) is 0 Å². The van der Waals surface area contributed by atoms with Gasteiger partial charge >= 0.3 is 0 Å². The van der Waals surface area contributed by atoms with E-state index in [1.807, 2.05) is 49.4 Å². The Bertz CT molecular complexity index is 1590. The highest BCUT2D eigenvalue weighted by molar-refractivity contribution is 6.31. The van der Waals surface area contributed by atoms with E-state index in [9.17, 15) is 9.59 Å². The molecule has 1 aromatic heterocycles. The number of hydrogen-bond acceptors (Lipinski definition) is 6. The molecule has 0 fully saturated rings. The van der Waals surface area contributed by atoms with Crippen molar-refractivity contribution in [3.8, 4) is 17.2 Å². The minimum Gasteiger partial charge on any atom is -0.497 e. The first-order valence-corrected chi connectivity index (χ1v) is 13.8. The third-order valence-electron chi connectivity index (χ3n) is 6.98. The normalized spacial score (nSPS) is 14.6. The van der Waals surface area contributed by atoms with E-state index in [0.29, 0.717) is 57.9 Å². The smallest absolute Gasteiger partial charge is 0.291 e. The minimum absolute atomic E-state index is 0.0357. The zero-order valence-electron chi connectivity index (χ0n) is 23.0. The molecule has 8 heteroatoms. The molecule has 2 heterocycles. The van der Waals surface area contributed by atoms with Crippen LogP contribution in [0.2, 0.25) is 5.02 Å². The lowest BCUT2D eigenvalue weighted by atomic mass is 9.97. The second kappa shape index (κ2) is 11.6. The molecular formula is C32H32ClNO6. The molecule has 0 aliphatic carbocycles. The molecule has 0 spiro atoms. The summed E-state index contributed by atoms with van der Waals surface area (Å²) in [6.07, 6.45) is 0.907. The standard InChI is InChI=1S/C32H32ClNO6/c1-5-38-27-16-21(8-12-26(27)39-15-14-19(2)3)29-28-30(35)24-17-22(33)9-13-25(24)40-31(28)32(36)34(29)18-20-6-10-23(37-4)11-7-20/h6-13,16-17,19,29H,5,14-15,18H2,1-4H3. The van der Waals surface area contributed by atoms with E-state index in [1.54, 1.807) is 30.2 Å². The molecule has 0 bridgehead atoms. The summed E-state index contributed by atoms with van der Waals surface area (Å²) in [5.74, 6) is 2.07. The Balaban J connectivity index is 1.63. The minimum atomic E-state index is -0.701. The lowest BCUT2D eigenvalue weighted by Crippen LogP contribution is -2.29. The largest absolute Gasteiger partial charge is 0.497 e. The molecule has 0 N–H and O–H groups in total. The van der Waals surface area contributed by atoms with Crippen molar-refractivity contribution in [2.75, 3.05) is 20.3 Å². The summed E-state index contributed by atoms with van der Waals surface area (Å²) in [6.45, 7) is 7.44. The molecule has 1 amide bonds. The summed E-state index contributed by atoms with van der Waals surface area (Å²) in [6, 6.07) is 17.2. The Labute approximate surface area is 238 Å². The Morgan fingerprint density at radius 1 is 0.975 bits per heavy atom. The van der Waals surface area contributed by atoms with Crippen LogP contribution in [0.25, 0.3) is 11.0 Å². The van der Waals surface area contributed by atoms with Crippen molar-refractivity contribution < 1.29 is 23.4 Å². The van der Waals surface area contributed by atoms with Gasteiger partial charge in [0.25, 0.3) is 5.91 Å². The summed E-state index contributed by atoms with van der Waals surface area (Å²) in [4.78, 5) is 29.4. The van der Waals surface area contributed by atoms with Gasteiger partial charge in [-0.2, -0.15) is 0 Å². The van der Waals surface area contributed by atoms with Gasteiger partial charge in [-0.3, -0.25) is 9.59 Å². The molecule has 1 atom stereocenters. The van der Waals surface area contributed by atoms with Crippen LogP contribution < -0.4 is 19.6 Å². The zero-order valence-corrected chi connectivity index (χ0v) is 23.8. The van der Waals surface area contributed by atoms with Gasteiger partial charge in [0, 0.05) is 11.6 Å². The van der Waals surface area contributed by atoms with Gasteiger partial charge in [0.1, 0.15) is 11.3 Å². The van der Waals surface area contributed by atoms with Gasteiger partial charge in [0.15, 0.2) is 16.9 Å². The van der Waals surface area contributed by atoms with E-state index >= 15 is 0 Å². The predicted octanol–water partition coefficient (Wildman–Crippen LogP) is 7.02. The van der Waals surface area contributed by atoms with E-state index < -0.39 is 6.04 Å². The highest BCUT2D eigenvalue weighted by Gasteiger charge is 2.43. The van der Waals surface area contributed by atoms with Gasteiger partial charge in [-0.15, -0.1) is 0 Å². The van der Waals surface area contributed by atoms with E-state index in [1.165, 1.54) is 0 Å². The topological polar surface area (TPSA) is 78.2 Å². The molecule has 3 aromatic carbocycles. The fourth-order valence-electron chi connectivity index (χ4n) is 4.92. The molecular weight excluding hydrogens is 530 g/mol. The Morgan fingerprint density at radius 3 is 2.45 bits per heavy atom. The van der Waals surface area contributed by atoms with Crippen molar-refractivity contribution in [2.45, 2.75) is 39.8 Å². The van der Waals surface area contributed by atoms with Crippen LogP contribution in [0.5, 0.6) is 17.2 Å². The first kappa shape index (κ1) is 27.6. The SMILES string of the molecule is CCOc1cc(C2c3c(oc4ccc(Cl)cc4c3=O)C(=O)N2Cc2ccc(OC)cc2)ccc1OCCC(C)C. The van der Waals surface area contributed by atoms with Crippen LogP contribution in [-0.4, -0.2) is 31.1 Å². The number of carbonyl (C=O) groups excluding carboxylic acids is 1. The van der Waals surface area contributed by atoms with E-state index in [4.69, 9.17) is 30.2 Å². The molecule has 0 radical (unpaired) electrons. The molecule has 4 aromatic rings. The Kier molecular flexibility index (Phi) is 8.03. The van der Waals surface area contributed by atoms with Gasteiger partial charge in [-0.1, -0.05) is 43.6 Å². The summed E-state index contributed by atoms with van der Waals surface area (Å²) in [5, 5.41) is 0.742. The van der Waals surface area contributed by atoms with Gasteiger partial charge in [-0.25, -0.2) is 0 Å². The lowest BCUT2D eigenvalue weighted by Gasteiger charge is -2.26. The quantitative estimate of drug-likeness (QED) is 0.207. The average molecular weight is 562 g/mol. The molecule has 40 heavy (non-hydrogen) atoms. The van der Waals surface area contributed by atoms with Gasteiger partial charge < -0.3 is 23.5 Å². The highest BCUT2D eigenvalue weighted by Crippen LogP contribution is 2.42. The molecule has 1 aliphatic heterocycles. The molecule has 0 saturated heterocycles. The molecule has 5 rings (SSSR count). The van der Waals surface area contributed by atoms with Gasteiger partial charge in [-0.05, 0) is 72.9 Å². The van der Waals surface area contributed by atoms with Crippen LogP contribution in [0, 0.1) is 5.92 Å². The maximum Gasteiger partial charge on any atom is 0.291 e. The van der Waals surface area contributed by atoms with Crippen LogP contribution in [0.4, 0.5) is 0 Å². The van der Waals surface area contributed by atoms with Crippen LogP contribution >= 0.6 is 11.6 Å². The number of carbonyl (C=O) groups is 1. The van der Waals surface area contributed by atoms with Crippen molar-refractivity contribution in [2.24, 2.45) is 5.92 Å². The number of nitrogens with zero attached hydrogens (tertiary/aromatic N) is 1. The van der Waals surface area contributed by atoms with Gasteiger partial charge in [0.2, 0.25) is 5.76 Å². The highest BCUT2D eigenvalue weighted by atomic mass is 35.5. The van der Waals surface area contributed by atoms with Crippen LogP contribution in [0.15, 0.2) is 69.9 Å². The van der Waals surface area contributed by atoms with Crippen LogP contribution in [0.1, 0.15) is 60.5 Å². The summed E-state index contributed by atoms with van der Waals surface area (Å²) in [7, 11) is 1.60. The number of amides is 1. The fraction of sp³-hybridized carbons (Fsp3) is 0.312. The first-order valence-electron chi connectivity index (χ1n) is 13.4. The monoisotopic (exact) mass is 561 g/mol. The number of rotatable bonds is 10. The fourth-order valence-corrected chi connectivity index (χ4v) is 5.09. The molecule has 7 nitrogen and oxygen atoms in total. The average Bonchev–Trinajstić information content (AvgIpc) is 3.21. The molecule has 208 valence electrons. The Hall–Kier alpha value is -3.97. The number of fused-ring (bicyclic) bond motifs is 2. The number of halogens is 1. The predicted molar refractivity (Wildman–Crippen MR) is 155 cm³/mol. The van der Waals surface area contributed by atoms with Crippen molar-refractivity contribution in [1.29, 1.82) is 0 Å². The maximum atomic E-state index is 13.9. The van der Waals surface area contributed by atoms with Crippen molar-refractivity contribution >= 4 is 28.5 Å². The molecule has 1 aliphatic rings.